The zero-order valence-electron chi connectivity index (χ0n) is 18.8. The second-order valence-electron chi connectivity index (χ2n) is 8.21. The lowest BCUT2D eigenvalue weighted by atomic mass is 9.90. The average Bonchev–Trinajstić information content (AvgIpc) is 3.35. The van der Waals surface area contributed by atoms with Gasteiger partial charge in [0.05, 0.1) is 28.9 Å². The van der Waals surface area contributed by atoms with Crippen LogP contribution in [0.1, 0.15) is 18.5 Å². The highest BCUT2D eigenvalue weighted by Crippen LogP contribution is 2.49. The lowest BCUT2D eigenvalue weighted by molar-refractivity contribution is -0.384. The van der Waals surface area contributed by atoms with Crippen molar-refractivity contribution in [3.8, 4) is 5.75 Å². The van der Waals surface area contributed by atoms with E-state index in [0.29, 0.717) is 34.3 Å². The van der Waals surface area contributed by atoms with E-state index < -0.39 is 34.8 Å². The number of carbonyl (C=O) groups is 2. The fraction of sp³-hybridized carbons (Fsp3) is 0.200. The van der Waals surface area contributed by atoms with E-state index in [2.05, 4.69) is 0 Å². The van der Waals surface area contributed by atoms with Gasteiger partial charge in [0.1, 0.15) is 11.7 Å². The summed E-state index contributed by atoms with van der Waals surface area (Å²) in [5, 5.41) is 13.4. The minimum absolute atomic E-state index is 0.166. The molecule has 2 heterocycles. The molecule has 36 heavy (non-hydrogen) atoms. The molecule has 9 nitrogen and oxygen atoms in total. The maximum absolute atomic E-state index is 13.8. The van der Waals surface area contributed by atoms with Crippen molar-refractivity contribution < 1.29 is 24.1 Å². The van der Waals surface area contributed by atoms with Crippen LogP contribution in [0.2, 0.25) is 10.0 Å². The summed E-state index contributed by atoms with van der Waals surface area (Å²) in [6.07, 6.45) is -1.16. The standard InChI is InChI=1S/C25H19Cl2N3O6/c1-2-35-18-8-4-5-15(13-18)28-24(31)21-22(19-10-9-14(26)11-20(19)27)29(36-23(21)25(28)32)16-6-3-7-17(12-16)30(33)34/h3-13,21-23H,2H2,1H3/t21-,22+,23-/m1/s1. The number of hydrogen-bond donors (Lipinski definition) is 0. The molecule has 2 saturated heterocycles. The molecule has 2 aliphatic heterocycles. The van der Waals surface area contributed by atoms with Crippen LogP contribution >= 0.6 is 23.2 Å². The van der Waals surface area contributed by atoms with Gasteiger partial charge in [0.15, 0.2) is 6.10 Å². The first kappa shape index (κ1) is 24.1. The van der Waals surface area contributed by atoms with E-state index in [1.165, 1.54) is 29.3 Å². The normalized spacial score (nSPS) is 21.1. The predicted octanol–water partition coefficient (Wildman–Crippen LogP) is 5.35. The van der Waals surface area contributed by atoms with Gasteiger partial charge in [-0.2, -0.15) is 0 Å². The first-order valence-corrected chi connectivity index (χ1v) is 11.8. The van der Waals surface area contributed by atoms with Crippen molar-refractivity contribution in [1.29, 1.82) is 0 Å². The van der Waals surface area contributed by atoms with E-state index >= 15 is 0 Å². The molecule has 0 saturated carbocycles. The highest BCUT2D eigenvalue weighted by molar-refractivity contribution is 6.35. The summed E-state index contributed by atoms with van der Waals surface area (Å²) >= 11 is 12.6. The van der Waals surface area contributed by atoms with Crippen molar-refractivity contribution in [2.75, 3.05) is 16.6 Å². The zero-order chi connectivity index (χ0) is 25.6. The quantitative estimate of drug-likeness (QED) is 0.241. The number of benzene rings is 3. The number of carbonyl (C=O) groups excluding carboxylic acids is 2. The van der Waals surface area contributed by atoms with E-state index in [1.807, 2.05) is 6.92 Å². The smallest absolute Gasteiger partial charge is 0.271 e. The van der Waals surface area contributed by atoms with E-state index in [-0.39, 0.29) is 10.7 Å². The molecule has 0 spiro atoms. The van der Waals surface area contributed by atoms with E-state index in [4.69, 9.17) is 32.8 Å². The van der Waals surface area contributed by atoms with Crippen molar-refractivity contribution in [3.63, 3.8) is 0 Å². The SMILES string of the molecule is CCOc1cccc(N2C(=O)[C@H]3[C@@H](ON(c4cccc([N+](=O)[O-])c4)[C@H]3c3ccc(Cl)cc3Cl)C2=O)c1. The summed E-state index contributed by atoms with van der Waals surface area (Å²) in [5.74, 6) is -1.49. The molecular weight excluding hydrogens is 509 g/mol. The van der Waals surface area contributed by atoms with Crippen LogP contribution in [0.4, 0.5) is 17.1 Å². The topological polar surface area (TPSA) is 102 Å². The van der Waals surface area contributed by atoms with Crippen LogP contribution in [0.5, 0.6) is 5.75 Å². The molecule has 2 aliphatic rings. The number of non-ortho nitro benzene ring substituents is 1. The van der Waals surface area contributed by atoms with Gasteiger partial charge in [-0.1, -0.05) is 41.4 Å². The first-order chi connectivity index (χ1) is 17.3. The minimum Gasteiger partial charge on any atom is -0.494 e. The highest BCUT2D eigenvalue weighted by atomic mass is 35.5. The number of nitro groups is 1. The van der Waals surface area contributed by atoms with E-state index in [9.17, 15) is 19.7 Å². The molecule has 3 aromatic carbocycles. The Labute approximate surface area is 215 Å². The van der Waals surface area contributed by atoms with Crippen molar-refractivity contribution in [1.82, 2.24) is 0 Å². The van der Waals surface area contributed by atoms with Crippen LogP contribution in [-0.4, -0.2) is 29.4 Å². The number of nitro benzene ring substituents is 1. The molecule has 0 radical (unpaired) electrons. The Morgan fingerprint density at radius 1 is 1.00 bits per heavy atom. The summed E-state index contributed by atoms with van der Waals surface area (Å²) in [7, 11) is 0. The Morgan fingerprint density at radius 2 is 1.75 bits per heavy atom. The summed E-state index contributed by atoms with van der Waals surface area (Å²) in [5.41, 5.74) is 0.990. The van der Waals surface area contributed by atoms with Gasteiger partial charge in [0, 0.05) is 28.2 Å². The number of hydrogen-bond acceptors (Lipinski definition) is 7. The number of nitrogens with zero attached hydrogens (tertiary/aromatic N) is 3. The molecule has 3 atom stereocenters. The Balaban J connectivity index is 1.60. The number of fused-ring (bicyclic) bond motifs is 1. The fourth-order valence-electron chi connectivity index (χ4n) is 4.57. The lowest BCUT2D eigenvalue weighted by Gasteiger charge is -2.29. The Morgan fingerprint density at radius 3 is 2.47 bits per heavy atom. The molecule has 0 aromatic heterocycles. The Bertz CT molecular complexity index is 1380. The third kappa shape index (κ3) is 4.05. The monoisotopic (exact) mass is 527 g/mol. The Hall–Kier alpha value is -3.66. The van der Waals surface area contributed by atoms with Gasteiger partial charge in [-0.3, -0.25) is 24.5 Å². The molecule has 184 valence electrons. The number of imide groups is 1. The molecule has 2 amide bonds. The highest BCUT2D eigenvalue weighted by Gasteiger charge is 2.60. The van der Waals surface area contributed by atoms with Crippen LogP contribution in [0, 0.1) is 16.0 Å². The summed E-state index contributed by atoms with van der Waals surface area (Å²) < 4.78 is 5.52. The molecule has 0 unspecified atom stereocenters. The first-order valence-electron chi connectivity index (χ1n) is 11.1. The molecule has 2 fully saturated rings. The third-order valence-electron chi connectivity index (χ3n) is 6.08. The number of rotatable bonds is 6. The van der Waals surface area contributed by atoms with Gasteiger partial charge < -0.3 is 4.74 Å². The summed E-state index contributed by atoms with van der Waals surface area (Å²) in [6, 6.07) is 16.4. The zero-order valence-corrected chi connectivity index (χ0v) is 20.3. The number of hydroxylamine groups is 1. The molecule has 0 bridgehead atoms. The summed E-state index contributed by atoms with van der Waals surface area (Å²) in [6.45, 7) is 2.26. The number of anilines is 2. The molecule has 0 N–H and O–H groups in total. The number of halogens is 2. The second kappa shape index (κ2) is 9.42. The van der Waals surface area contributed by atoms with E-state index in [0.717, 1.165) is 4.90 Å². The van der Waals surface area contributed by atoms with Gasteiger partial charge >= 0.3 is 0 Å². The third-order valence-corrected chi connectivity index (χ3v) is 6.64. The van der Waals surface area contributed by atoms with Crippen molar-refractivity contribution in [2.24, 2.45) is 5.92 Å². The van der Waals surface area contributed by atoms with Crippen LogP contribution in [0.25, 0.3) is 0 Å². The minimum atomic E-state index is -1.16. The van der Waals surface area contributed by atoms with Gasteiger partial charge in [-0.05, 0) is 42.8 Å². The number of ether oxygens (including phenoxy) is 1. The number of amides is 2. The van der Waals surface area contributed by atoms with Crippen LogP contribution in [0.15, 0.2) is 66.7 Å². The van der Waals surface area contributed by atoms with Gasteiger partial charge in [-0.25, -0.2) is 9.96 Å². The molecular formula is C25H19Cl2N3O6. The largest absolute Gasteiger partial charge is 0.494 e. The molecule has 5 rings (SSSR count). The van der Waals surface area contributed by atoms with Gasteiger partial charge in [0.25, 0.3) is 11.6 Å². The van der Waals surface area contributed by atoms with Crippen LogP contribution in [-0.2, 0) is 14.4 Å². The lowest BCUT2D eigenvalue weighted by Crippen LogP contribution is -2.37. The van der Waals surface area contributed by atoms with Crippen LogP contribution < -0.4 is 14.7 Å². The average molecular weight is 528 g/mol. The van der Waals surface area contributed by atoms with Crippen LogP contribution in [0.3, 0.4) is 0 Å². The molecule has 3 aromatic rings. The van der Waals surface area contributed by atoms with Crippen molar-refractivity contribution >= 4 is 52.1 Å². The Kier molecular flexibility index (Phi) is 6.29. The van der Waals surface area contributed by atoms with Crippen molar-refractivity contribution in [3.05, 3.63) is 92.5 Å². The summed E-state index contributed by atoms with van der Waals surface area (Å²) in [4.78, 5) is 45.2. The predicted molar refractivity (Wildman–Crippen MR) is 133 cm³/mol. The maximum atomic E-state index is 13.8. The van der Waals surface area contributed by atoms with E-state index in [1.54, 1.807) is 42.5 Å². The molecule has 11 heteroatoms. The fourth-order valence-corrected chi connectivity index (χ4v) is 5.09. The maximum Gasteiger partial charge on any atom is 0.271 e. The van der Waals surface area contributed by atoms with Crippen molar-refractivity contribution in [2.45, 2.75) is 19.1 Å². The second-order valence-corrected chi connectivity index (χ2v) is 9.05. The van der Waals surface area contributed by atoms with Gasteiger partial charge in [-0.15, -0.1) is 0 Å². The molecule has 0 aliphatic carbocycles. The van der Waals surface area contributed by atoms with Gasteiger partial charge in [0.2, 0.25) is 5.91 Å².